The predicted molar refractivity (Wildman–Crippen MR) is 85.7 cm³/mol. The minimum atomic E-state index is 0.0886. The number of anilines is 1. The van der Waals surface area contributed by atoms with Crippen LogP contribution in [0.1, 0.15) is 19.8 Å². The van der Waals surface area contributed by atoms with Gasteiger partial charge in [-0.1, -0.05) is 6.92 Å². The van der Waals surface area contributed by atoms with Crippen molar-refractivity contribution >= 4 is 11.9 Å². The van der Waals surface area contributed by atoms with Gasteiger partial charge in [-0.2, -0.15) is 0 Å². The fraction of sp³-hybridized carbons (Fsp3) is 0.688. The fourth-order valence-electron chi connectivity index (χ4n) is 3.36. The number of hydrogen-bond donors (Lipinski definition) is 0. The summed E-state index contributed by atoms with van der Waals surface area (Å²) in [4.78, 5) is 28.0. The van der Waals surface area contributed by atoms with Crippen molar-refractivity contribution in [2.45, 2.75) is 19.8 Å². The van der Waals surface area contributed by atoms with Gasteiger partial charge in [-0.25, -0.2) is 9.97 Å². The summed E-state index contributed by atoms with van der Waals surface area (Å²) in [6, 6.07) is 1.82. The zero-order valence-electron chi connectivity index (χ0n) is 13.3. The molecule has 0 spiro atoms. The summed E-state index contributed by atoms with van der Waals surface area (Å²) in [6.07, 6.45) is 5.54. The van der Waals surface area contributed by atoms with Gasteiger partial charge in [0.1, 0.15) is 0 Å². The van der Waals surface area contributed by atoms with Crippen LogP contribution in [0.4, 0.5) is 5.95 Å². The molecule has 2 aliphatic rings. The number of piperidine rings is 1. The molecule has 2 aliphatic heterocycles. The van der Waals surface area contributed by atoms with E-state index in [2.05, 4.69) is 26.7 Å². The minimum Gasteiger partial charge on any atom is -0.340 e. The second-order valence-corrected chi connectivity index (χ2v) is 6.09. The van der Waals surface area contributed by atoms with E-state index in [1.165, 1.54) is 0 Å². The monoisotopic (exact) mass is 303 g/mol. The van der Waals surface area contributed by atoms with E-state index in [9.17, 15) is 4.79 Å². The maximum atomic E-state index is 12.8. The number of aromatic nitrogens is 2. The second kappa shape index (κ2) is 7.05. The Hall–Kier alpha value is -1.69. The van der Waals surface area contributed by atoms with E-state index in [1.54, 1.807) is 12.4 Å². The largest absolute Gasteiger partial charge is 0.340 e. The van der Waals surface area contributed by atoms with Crippen molar-refractivity contribution in [2.24, 2.45) is 5.92 Å². The first-order valence-electron chi connectivity index (χ1n) is 8.31. The van der Waals surface area contributed by atoms with E-state index < -0.39 is 0 Å². The maximum absolute atomic E-state index is 12.8. The van der Waals surface area contributed by atoms with Gasteiger partial charge in [0.15, 0.2) is 0 Å². The smallest absolute Gasteiger partial charge is 0.227 e. The van der Waals surface area contributed by atoms with Crippen molar-refractivity contribution in [1.29, 1.82) is 0 Å². The molecule has 0 bridgehead atoms. The summed E-state index contributed by atoms with van der Waals surface area (Å²) >= 11 is 0. The normalized spacial score (nSPS) is 23.6. The van der Waals surface area contributed by atoms with Gasteiger partial charge in [-0.3, -0.25) is 4.79 Å². The van der Waals surface area contributed by atoms with E-state index in [0.29, 0.717) is 5.91 Å². The Morgan fingerprint density at radius 3 is 2.59 bits per heavy atom. The third-order valence-corrected chi connectivity index (χ3v) is 4.74. The molecule has 6 heteroatoms. The molecular formula is C16H25N5O. The van der Waals surface area contributed by atoms with Crippen LogP contribution in [0.2, 0.25) is 0 Å². The molecular weight excluding hydrogens is 278 g/mol. The van der Waals surface area contributed by atoms with Gasteiger partial charge in [0.2, 0.25) is 11.9 Å². The third-order valence-electron chi connectivity index (χ3n) is 4.74. The van der Waals surface area contributed by atoms with Crippen LogP contribution in [0.15, 0.2) is 18.5 Å². The quantitative estimate of drug-likeness (QED) is 0.829. The van der Waals surface area contributed by atoms with Crippen molar-refractivity contribution in [1.82, 2.24) is 19.8 Å². The number of hydrogen-bond acceptors (Lipinski definition) is 5. The molecule has 0 saturated carbocycles. The van der Waals surface area contributed by atoms with E-state index in [-0.39, 0.29) is 5.92 Å². The zero-order valence-corrected chi connectivity index (χ0v) is 13.3. The Labute approximate surface area is 132 Å². The number of carbonyl (C=O) groups is 1. The first-order chi connectivity index (χ1) is 10.8. The van der Waals surface area contributed by atoms with E-state index in [0.717, 1.165) is 64.6 Å². The molecule has 0 aromatic carbocycles. The lowest BCUT2D eigenvalue weighted by atomic mass is 9.96. The maximum Gasteiger partial charge on any atom is 0.227 e. The van der Waals surface area contributed by atoms with E-state index in [1.807, 2.05) is 11.0 Å². The summed E-state index contributed by atoms with van der Waals surface area (Å²) in [6.45, 7) is 8.67. The van der Waals surface area contributed by atoms with E-state index >= 15 is 0 Å². The third kappa shape index (κ3) is 3.38. The van der Waals surface area contributed by atoms with Crippen LogP contribution in [0.3, 0.4) is 0 Å². The Bertz CT molecular complexity index is 487. The molecule has 6 nitrogen and oxygen atoms in total. The summed E-state index contributed by atoms with van der Waals surface area (Å²) in [5.41, 5.74) is 0. The zero-order chi connectivity index (χ0) is 15.4. The van der Waals surface area contributed by atoms with Crippen LogP contribution in [0.25, 0.3) is 0 Å². The van der Waals surface area contributed by atoms with Crippen molar-refractivity contribution in [3.63, 3.8) is 0 Å². The van der Waals surface area contributed by atoms with Crippen molar-refractivity contribution in [2.75, 3.05) is 50.7 Å². The highest BCUT2D eigenvalue weighted by atomic mass is 16.2. The predicted octanol–water partition coefficient (Wildman–Crippen LogP) is 0.857. The highest BCUT2D eigenvalue weighted by molar-refractivity contribution is 5.79. The molecule has 1 amide bonds. The lowest BCUT2D eigenvalue weighted by Gasteiger charge is -2.38. The standard InChI is InChI=1S/C16H25N5O/c1-2-19-9-11-20(12-10-19)15(22)14-5-3-8-21(13-14)16-17-6-4-7-18-16/h4,6-7,14H,2-3,5,8-13H2,1H3. The summed E-state index contributed by atoms with van der Waals surface area (Å²) < 4.78 is 0. The van der Waals surface area contributed by atoms with Gasteiger partial charge in [-0.15, -0.1) is 0 Å². The summed E-state index contributed by atoms with van der Waals surface area (Å²) in [7, 11) is 0. The number of rotatable bonds is 3. The molecule has 3 rings (SSSR count). The van der Waals surface area contributed by atoms with Gasteiger partial charge in [0.05, 0.1) is 5.92 Å². The average Bonchev–Trinajstić information content (AvgIpc) is 2.62. The molecule has 2 fully saturated rings. The Morgan fingerprint density at radius 2 is 1.91 bits per heavy atom. The molecule has 120 valence electrons. The topological polar surface area (TPSA) is 52.6 Å². The van der Waals surface area contributed by atoms with Crippen LogP contribution in [0, 0.1) is 5.92 Å². The second-order valence-electron chi connectivity index (χ2n) is 6.09. The Balaban J connectivity index is 1.59. The van der Waals surface area contributed by atoms with E-state index in [4.69, 9.17) is 0 Å². The van der Waals surface area contributed by atoms with Crippen LogP contribution in [0.5, 0.6) is 0 Å². The molecule has 0 N–H and O–H groups in total. The molecule has 1 unspecified atom stereocenters. The molecule has 1 aromatic rings. The number of likely N-dealkylation sites (N-methyl/N-ethyl adjacent to an activating group) is 1. The van der Waals surface area contributed by atoms with Crippen LogP contribution < -0.4 is 4.90 Å². The first kappa shape index (κ1) is 15.2. The highest BCUT2D eigenvalue weighted by Crippen LogP contribution is 2.22. The van der Waals surface area contributed by atoms with Gasteiger partial charge in [-0.05, 0) is 25.5 Å². The van der Waals surface area contributed by atoms with Crippen LogP contribution in [-0.2, 0) is 4.79 Å². The molecule has 22 heavy (non-hydrogen) atoms. The lowest BCUT2D eigenvalue weighted by Crippen LogP contribution is -2.52. The number of amides is 1. The average molecular weight is 303 g/mol. The Kier molecular flexibility index (Phi) is 4.87. The Morgan fingerprint density at radius 1 is 1.18 bits per heavy atom. The number of carbonyl (C=O) groups excluding carboxylic acids is 1. The van der Waals surface area contributed by atoms with Crippen molar-refractivity contribution < 1.29 is 4.79 Å². The van der Waals surface area contributed by atoms with Crippen LogP contribution >= 0.6 is 0 Å². The summed E-state index contributed by atoms with van der Waals surface area (Å²) in [5.74, 6) is 1.15. The number of nitrogens with zero attached hydrogens (tertiary/aromatic N) is 5. The molecule has 3 heterocycles. The van der Waals surface area contributed by atoms with Gasteiger partial charge in [0, 0.05) is 51.7 Å². The van der Waals surface area contributed by atoms with Gasteiger partial charge >= 0.3 is 0 Å². The first-order valence-corrected chi connectivity index (χ1v) is 8.31. The minimum absolute atomic E-state index is 0.0886. The van der Waals surface area contributed by atoms with Gasteiger partial charge in [0.25, 0.3) is 0 Å². The number of piperazine rings is 1. The summed E-state index contributed by atoms with van der Waals surface area (Å²) in [5, 5.41) is 0. The lowest BCUT2D eigenvalue weighted by molar-refractivity contribution is -0.137. The fourth-order valence-corrected chi connectivity index (χ4v) is 3.36. The van der Waals surface area contributed by atoms with Crippen molar-refractivity contribution in [3.05, 3.63) is 18.5 Å². The molecule has 0 radical (unpaired) electrons. The molecule has 2 saturated heterocycles. The SMILES string of the molecule is CCN1CCN(C(=O)C2CCCN(c3ncccn3)C2)CC1. The van der Waals surface area contributed by atoms with Crippen LogP contribution in [-0.4, -0.2) is 71.5 Å². The molecule has 1 aromatic heterocycles. The van der Waals surface area contributed by atoms with Crippen molar-refractivity contribution in [3.8, 4) is 0 Å². The molecule has 0 aliphatic carbocycles. The highest BCUT2D eigenvalue weighted by Gasteiger charge is 2.31. The van der Waals surface area contributed by atoms with Gasteiger partial charge < -0.3 is 14.7 Å². The molecule has 1 atom stereocenters.